The quantitative estimate of drug-likeness (QED) is 0.248. The molecule has 0 aromatic carbocycles. The predicted molar refractivity (Wildman–Crippen MR) is 94.5 cm³/mol. The number of nitrogens with zero attached hydrogens (tertiary/aromatic N) is 1. The van der Waals surface area contributed by atoms with E-state index < -0.39 is 47.2 Å². The van der Waals surface area contributed by atoms with Crippen LogP contribution in [0, 0.1) is 0 Å². The van der Waals surface area contributed by atoms with E-state index in [1.165, 1.54) is 18.7 Å². The number of carboxylic acids is 2. The van der Waals surface area contributed by atoms with Gasteiger partial charge in [-0.2, -0.15) is 0 Å². The predicted octanol–water partition coefficient (Wildman–Crippen LogP) is -1.85. The average molecular weight is 416 g/mol. The molecule has 2 aliphatic heterocycles. The lowest BCUT2D eigenvalue weighted by molar-refractivity contribution is -0.409. The van der Waals surface area contributed by atoms with Gasteiger partial charge in [-0.3, -0.25) is 19.3 Å². The number of carbonyl (C=O) groups excluding carboxylic acids is 3. The Morgan fingerprint density at radius 1 is 1.36 bits per heavy atom. The van der Waals surface area contributed by atoms with Crippen LogP contribution < -0.4 is 11.1 Å². The molecule has 0 saturated carbocycles. The van der Waals surface area contributed by atoms with Gasteiger partial charge >= 0.3 is 17.9 Å². The molecule has 0 aromatic heterocycles. The Morgan fingerprint density at radius 2 is 2.04 bits per heavy atom. The van der Waals surface area contributed by atoms with Gasteiger partial charge in [0.1, 0.15) is 23.7 Å². The average Bonchev–Trinajstić information content (AvgIpc) is 2.62. The Morgan fingerprint density at radius 3 is 2.61 bits per heavy atom. The lowest BCUT2D eigenvalue weighted by Crippen LogP contribution is -2.70. The van der Waals surface area contributed by atoms with Crippen LogP contribution in [-0.2, 0) is 28.7 Å². The van der Waals surface area contributed by atoms with Crippen molar-refractivity contribution >= 4 is 41.5 Å². The maximum absolute atomic E-state index is 12.4. The molecular weight excluding hydrogens is 394 g/mol. The molecule has 1 saturated heterocycles. The molecule has 12 heteroatoms. The number of hydrogen-bond donors (Lipinski definition) is 4. The number of aliphatic carboxylic acids is 2. The number of carbonyl (C=O) groups is 5. The topological polar surface area (TPSA) is 178 Å². The van der Waals surface area contributed by atoms with Crippen molar-refractivity contribution in [3.05, 3.63) is 11.3 Å². The third kappa shape index (κ3) is 4.81. The lowest BCUT2D eigenvalue weighted by Gasteiger charge is -2.49. The first kappa shape index (κ1) is 21.7. The number of quaternary nitrogens is 1. The van der Waals surface area contributed by atoms with Crippen molar-refractivity contribution in [2.45, 2.75) is 43.6 Å². The summed E-state index contributed by atoms with van der Waals surface area (Å²) >= 11 is 1.27. The third-order valence-corrected chi connectivity index (χ3v) is 5.66. The van der Waals surface area contributed by atoms with E-state index in [-0.39, 0.29) is 30.9 Å². The van der Waals surface area contributed by atoms with Crippen LogP contribution in [0.5, 0.6) is 0 Å². The molecule has 2 aliphatic rings. The standard InChI is InChI=1S/C16H21N3O8S/c1-7(20)27-5-8-6-28-14-11(13(22)19(14)12(8)16(25)26)18-10(21)4-2-3-9(17)15(23)24/h9,11,14H,2-6,17H2,1H3,(H,18,21)(H,23,24)(H,25,26)/p+1. The van der Waals surface area contributed by atoms with Crippen LogP contribution in [0.3, 0.4) is 0 Å². The monoisotopic (exact) mass is 416 g/mol. The highest BCUT2D eigenvalue weighted by Crippen LogP contribution is 2.40. The number of nitrogens with one attached hydrogen (secondary N) is 1. The van der Waals surface area contributed by atoms with Crippen molar-refractivity contribution < 1.29 is 44.7 Å². The highest BCUT2D eigenvalue weighted by Gasteiger charge is 2.54. The fourth-order valence-electron chi connectivity index (χ4n) is 2.86. The normalized spacial score (nSPS) is 22.1. The van der Waals surface area contributed by atoms with Gasteiger partial charge < -0.3 is 26.0 Å². The summed E-state index contributed by atoms with van der Waals surface area (Å²) in [5.74, 6) is -3.62. The molecule has 0 aliphatic carbocycles. The van der Waals surface area contributed by atoms with Crippen LogP contribution in [0.15, 0.2) is 11.3 Å². The van der Waals surface area contributed by atoms with Gasteiger partial charge in [-0.25, -0.2) is 9.59 Å². The van der Waals surface area contributed by atoms with E-state index >= 15 is 0 Å². The van der Waals surface area contributed by atoms with Crippen molar-refractivity contribution in [3.8, 4) is 0 Å². The second-order valence-corrected chi connectivity index (χ2v) is 7.52. The van der Waals surface area contributed by atoms with E-state index in [1.54, 1.807) is 0 Å². The summed E-state index contributed by atoms with van der Waals surface area (Å²) in [6, 6.07) is -1.65. The zero-order valence-corrected chi connectivity index (χ0v) is 16.0. The largest absolute Gasteiger partial charge is 0.477 e. The minimum absolute atomic E-state index is 0.0415. The molecule has 0 aromatic rings. The summed E-state index contributed by atoms with van der Waals surface area (Å²) in [5, 5.41) is 20.2. The minimum Gasteiger partial charge on any atom is -0.477 e. The Hall–Kier alpha value is -2.60. The third-order valence-electron chi connectivity index (χ3n) is 4.32. The fourth-order valence-corrected chi connectivity index (χ4v) is 4.19. The van der Waals surface area contributed by atoms with Gasteiger partial charge in [0.05, 0.1) is 0 Å². The van der Waals surface area contributed by atoms with Crippen molar-refractivity contribution in [1.29, 1.82) is 0 Å². The number of carboxylic acid groups (broad SMARTS) is 2. The van der Waals surface area contributed by atoms with Crippen LogP contribution in [0.2, 0.25) is 0 Å². The molecule has 154 valence electrons. The van der Waals surface area contributed by atoms with Crippen LogP contribution in [-0.4, -0.2) is 74.7 Å². The van der Waals surface area contributed by atoms with Crippen LogP contribution in [0.4, 0.5) is 0 Å². The molecule has 11 nitrogen and oxygen atoms in total. The maximum atomic E-state index is 12.4. The fraction of sp³-hybridized carbons (Fsp3) is 0.562. The number of ether oxygens (including phenoxy) is 1. The van der Waals surface area contributed by atoms with E-state index in [2.05, 4.69) is 11.1 Å². The molecule has 3 atom stereocenters. The Bertz CT molecular complexity index is 737. The molecule has 0 bridgehead atoms. The first-order valence-corrected chi connectivity index (χ1v) is 9.57. The van der Waals surface area contributed by atoms with Crippen LogP contribution in [0.1, 0.15) is 26.2 Å². The summed E-state index contributed by atoms with van der Waals surface area (Å²) < 4.78 is 4.85. The number of amides is 2. The molecule has 1 fully saturated rings. The number of esters is 1. The molecule has 2 rings (SSSR count). The van der Waals surface area contributed by atoms with Gasteiger partial charge in [-0.05, 0) is 6.42 Å². The molecule has 2 amide bonds. The van der Waals surface area contributed by atoms with E-state index in [0.717, 1.165) is 4.90 Å². The van der Waals surface area contributed by atoms with Crippen molar-refractivity contribution in [2.75, 3.05) is 12.4 Å². The summed E-state index contributed by atoms with van der Waals surface area (Å²) in [5.41, 5.74) is 3.56. The van der Waals surface area contributed by atoms with E-state index in [4.69, 9.17) is 9.84 Å². The highest BCUT2D eigenvalue weighted by molar-refractivity contribution is 8.00. The van der Waals surface area contributed by atoms with E-state index in [0.29, 0.717) is 12.0 Å². The van der Waals surface area contributed by atoms with Gasteiger partial charge in [-0.1, -0.05) is 0 Å². The number of hydrogen-bond acceptors (Lipinski definition) is 7. The second-order valence-electron chi connectivity index (χ2n) is 6.42. The Balaban J connectivity index is 1.96. The molecule has 0 radical (unpaired) electrons. The minimum atomic E-state index is -1.30. The molecule has 3 unspecified atom stereocenters. The van der Waals surface area contributed by atoms with Gasteiger partial charge in [0.15, 0.2) is 6.04 Å². The van der Waals surface area contributed by atoms with Gasteiger partial charge in [0.2, 0.25) is 5.91 Å². The number of thioether (sulfide) groups is 1. The number of rotatable bonds is 9. The first-order chi connectivity index (χ1) is 13.1. The Labute approximate surface area is 164 Å². The SMILES string of the molecule is CC(=O)OCC1=C(C(=O)O)N2C(=O)C(NC(=O)CCCC([NH3+])C(=O)O)C2SC1. The maximum Gasteiger partial charge on any atom is 0.362 e. The smallest absolute Gasteiger partial charge is 0.362 e. The molecular formula is C16H22N3O8S+. The zero-order chi connectivity index (χ0) is 21.0. The summed E-state index contributed by atoms with van der Waals surface area (Å²) in [4.78, 5) is 58.8. The van der Waals surface area contributed by atoms with Gasteiger partial charge in [-0.15, -0.1) is 11.8 Å². The first-order valence-electron chi connectivity index (χ1n) is 8.52. The lowest BCUT2D eigenvalue weighted by atomic mass is 10.0. The van der Waals surface area contributed by atoms with Gasteiger partial charge in [0, 0.05) is 31.1 Å². The summed E-state index contributed by atoms with van der Waals surface area (Å²) in [7, 11) is 0. The summed E-state index contributed by atoms with van der Waals surface area (Å²) in [6.45, 7) is 0.987. The van der Waals surface area contributed by atoms with Crippen molar-refractivity contribution in [2.24, 2.45) is 0 Å². The molecule has 2 heterocycles. The van der Waals surface area contributed by atoms with E-state index in [1.807, 2.05) is 0 Å². The van der Waals surface area contributed by atoms with Crippen molar-refractivity contribution in [3.63, 3.8) is 0 Å². The second kappa shape index (κ2) is 9.06. The zero-order valence-electron chi connectivity index (χ0n) is 15.2. The van der Waals surface area contributed by atoms with Crippen molar-refractivity contribution in [1.82, 2.24) is 10.2 Å². The number of fused-ring (bicyclic) bond motifs is 1. The molecule has 0 spiro atoms. The van der Waals surface area contributed by atoms with E-state index in [9.17, 15) is 29.1 Å². The Kier molecular flexibility index (Phi) is 7.02. The highest BCUT2D eigenvalue weighted by atomic mass is 32.2. The number of β-lactam (4-membered cyclic amide) rings is 1. The summed E-state index contributed by atoms with van der Waals surface area (Å²) in [6.07, 6.45) is 0.582. The molecule has 28 heavy (non-hydrogen) atoms. The van der Waals surface area contributed by atoms with Crippen LogP contribution >= 0.6 is 11.8 Å². The van der Waals surface area contributed by atoms with Crippen LogP contribution in [0.25, 0.3) is 0 Å². The van der Waals surface area contributed by atoms with Gasteiger partial charge in [0.25, 0.3) is 5.91 Å². The molecule has 6 N–H and O–H groups in total.